The predicted octanol–water partition coefficient (Wildman–Crippen LogP) is 2.02. The van der Waals surface area contributed by atoms with Crippen LogP contribution in [-0.2, 0) is 6.42 Å². The van der Waals surface area contributed by atoms with Crippen LogP contribution in [0.5, 0.6) is 0 Å². The summed E-state index contributed by atoms with van der Waals surface area (Å²) in [6.07, 6.45) is 4.66. The molecular weight excluding hydrogens is 243 g/mol. The number of aromatic nitrogens is 3. The van der Waals surface area contributed by atoms with Crippen LogP contribution in [0.25, 0.3) is 0 Å². The summed E-state index contributed by atoms with van der Waals surface area (Å²) in [5.41, 5.74) is 1.25. The molecule has 0 saturated heterocycles. The third-order valence-electron chi connectivity index (χ3n) is 3.74. The van der Waals surface area contributed by atoms with E-state index in [0.29, 0.717) is 12.0 Å². The topological polar surface area (TPSA) is 53.6 Å². The minimum Gasteiger partial charge on any atom is -0.313 e. The van der Waals surface area contributed by atoms with E-state index in [1.807, 2.05) is 12.1 Å². The molecule has 19 heavy (non-hydrogen) atoms. The van der Waals surface area contributed by atoms with Crippen LogP contribution in [0.2, 0.25) is 0 Å². The van der Waals surface area contributed by atoms with Gasteiger partial charge in [-0.15, -0.1) is 0 Å². The maximum absolute atomic E-state index is 12.8. The third-order valence-corrected chi connectivity index (χ3v) is 3.74. The lowest BCUT2D eigenvalue weighted by Crippen LogP contribution is -2.41. The maximum atomic E-state index is 12.8. The van der Waals surface area contributed by atoms with E-state index in [0.717, 1.165) is 31.6 Å². The van der Waals surface area contributed by atoms with Gasteiger partial charge in [0.25, 0.3) is 0 Å². The molecule has 1 saturated carbocycles. The molecule has 0 aliphatic heterocycles. The summed E-state index contributed by atoms with van der Waals surface area (Å²) in [5.74, 6) is 1.33. The molecule has 4 nitrogen and oxygen atoms in total. The molecule has 0 unspecified atom stereocenters. The van der Waals surface area contributed by atoms with Gasteiger partial charge in [0.2, 0.25) is 0 Å². The Morgan fingerprint density at radius 2 is 2.05 bits per heavy atom. The fourth-order valence-corrected chi connectivity index (χ4v) is 2.54. The van der Waals surface area contributed by atoms with Gasteiger partial charge < -0.3 is 5.32 Å². The van der Waals surface area contributed by atoms with E-state index >= 15 is 0 Å². The minimum absolute atomic E-state index is 0.162. The van der Waals surface area contributed by atoms with Crippen molar-refractivity contribution in [2.45, 2.75) is 31.2 Å². The third kappa shape index (κ3) is 2.98. The van der Waals surface area contributed by atoms with Crippen molar-refractivity contribution in [2.75, 3.05) is 6.54 Å². The summed E-state index contributed by atoms with van der Waals surface area (Å²) in [6.45, 7) is 0.913. The van der Waals surface area contributed by atoms with Crippen LogP contribution in [0.4, 0.5) is 4.39 Å². The molecule has 0 radical (unpaired) electrons. The number of aromatic amines is 1. The Bertz CT molecular complexity index is 503. The Labute approximate surface area is 111 Å². The van der Waals surface area contributed by atoms with Crippen LogP contribution in [0.1, 0.15) is 30.1 Å². The molecular formula is C14H17FN4. The van der Waals surface area contributed by atoms with Gasteiger partial charge in [-0.3, -0.25) is 5.10 Å². The second-order valence-corrected chi connectivity index (χ2v) is 5.05. The summed E-state index contributed by atoms with van der Waals surface area (Å²) in [5, 5.41) is 10.2. The highest BCUT2D eigenvalue weighted by Gasteiger charge is 2.29. The van der Waals surface area contributed by atoms with Crippen molar-refractivity contribution >= 4 is 0 Å². The van der Waals surface area contributed by atoms with Gasteiger partial charge in [0.15, 0.2) is 0 Å². The molecule has 2 N–H and O–H groups in total. The molecule has 0 atom stereocenters. The highest BCUT2D eigenvalue weighted by atomic mass is 19.1. The minimum atomic E-state index is -0.162. The fraction of sp³-hybridized carbons (Fsp3) is 0.429. The van der Waals surface area contributed by atoms with Crippen molar-refractivity contribution in [1.82, 2.24) is 20.5 Å². The fourth-order valence-electron chi connectivity index (χ4n) is 2.54. The number of benzene rings is 1. The zero-order valence-corrected chi connectivity index (χ0v) is 10.6. The highest BCUT2D eigenvalue weighted by molar-refractivity contribution is 5.23. The standard InChI is InChI=1S/C14H17FN4/c15-12-3-1-10(2-4-12)11-7-13(8-11)16-6-5-14-17-9-18-19-14/h1-4,9,11,13,16H,5-8H2,(H,17,18,19). The molecule has 1 aromatic heterocycles. The van der Waals surface area contributed by atoms with Gasteiger partial charge in [0, 0.05) is 19.0 Å². The van der Waals surface area contributed by atoms with Crippen molar-refractivity contribution in [3.05, 3.63) is 47.8 Å². The Morgan fingerprint density at radius 3 is 2.74 bits per heavy atom. The number of halogens is 1. The Hall–Kier alpha value is -1.75. The van der Waals surface area contributed by atoms with E-state index in [9.17, 15) is 4.39 Å². The number of nitrogens with one attached hydrogen (secondary N) is 2. The number of nitrogens with zero attached hydrogens (tertiary/aromatic N) is 2. The van der Waals surface area contributed by atoms with Crippen molar-refractivity contribution < 1.29 is 4.39 Å². The van der Waals surface area contributed by atoms with Crippen LogP contribution < -0.4 is 5.32 Å². The van der Waals surface area contributed by atoms with Gasteiger partial charge in [0.05, 0.1) is 0 Å². The van der Waals surface area contributed by atoms with E-state index in [-0.39, 0.29) is 5.82 Å². The van der Waals surface area contributed by atoms with Gasteiger partial charge in [0.1, 0.15) is 18.0 Å². The lowest BCUT2D eigenvalue weighted by atomic mass is 9.76. The number of hydrogen-bond donors (Lipinski definition) is 2. The molecule has 1 aromatic carbocycles. The second-order valence-electron chi connectivity index (χ2n) is 5.05. The second kappa shape index (κ2) is 5.48. The largest absolute Gasteiger partial charge is 0.313 e. The first-order chi connectivity index (χ1) is 9.31. The van der Waals surface area contributed by atoms with Crippen molar-refractivity contribution in [1.29, 1.82) is 0 Å². The van der Waals surface area contributed by atoms with E-state index in [2.05, 4.69) is 20.5 Å². The smallest absolute Gasteiger partial charge is 0.137 e. The van der Waals surface area contributed by atoms with Gasteiger partial charge in [-0.1, -0.05) is 12.1 Å². The van der Waals surface area contributed by atoms with Crippen LogP contribution >= 0.6 is 0 Å². The lowest BCUT2D eigenvalue weighted by Gasteiger charge is -2.36. The molecule has 3 rings (SSSR count). The molecule has 0 bridgehead atoms. The Balaban J connectivity index is 1.39. The quantitative estimate of drug-likeness (QED) is 0.864. The monoisotopic (exact) mass is 260 g/mol. The maximum Gasteiger partial charge on any atom is 0.137 e. The van der Waals surface area contributed by atoms with Crippen LogP contribution in [-0.4, -0.2) is 27.8 Å². The average Bonchev–Trinajstić information content (AvgIpc) is 2.87. The molecule has 1 heterocycles. The first-order valence-electron chi connectivity index (χ1n) is 6.64. The molecule has 0 amide bonds. The van der Waals surface area contributed by atoms with Crippen LogP contribution in [0.15, 0.2) is 30.6 Å². The highest BCUT2D eigenvalue weighted by Crippen LogP contribution is 2.36. The van der Waals surface area contributed by atoms with Crippen molar-refractivity contribution in [3.63, 3.8) is 0 Å². The van der Waals surface area contributed by atoms with E-state index < -0.39 is 0 Å². The summed E-state index contributed by atoms with van der Waals surface area (Å²) >= 11 is 0. The Morgan fingerprint density at radius 1 is 1.26 bits per heavy atom. The Kier molecular flexibility index (Phi) is 3.55. The average molecular weight is 260 g/mol. The normalized spacial score (nSPS) is 22.2. The van der Waals surface area contributed by atoms with E-state index in [1.165, 1.54) is 11.9 Å². The number of rotatable bonds is 5. The van der Waals surface area contributed by atoms with Gasteiger partial charge in [-0.25, -0.2) is 9.37 Å². The summed E-state index contributed by atoms with van der Waals surface area (Å²) in [4.78, 5) is 4.09. The lowest BCUT2D eigenvalue weighted by molar-refractivity contribution is 0.292. The summed E-state index contributed by atoms with van der Waals surface area (Å²) in [6, 6.07) is 7.44. The van der Waals surface area contributed by atoms with Gasteiger partial charge in [-0.05, 0) is 36.5 Å². The zero-order valence-electron chi connectivity index (χ0n) is 10.6. The first kappa shape index (κ1) is 12.3. The summed E-state index contributed by atoms with van der Waals surface area (Å²) < 4.78 is 12.8. The van der Waals surface area contributed by atoms with E-state index in [1.54, 1.807) is 12.1 Å². The van der Waals surface area contributed by atoms with Crippen LogP contribution in [0.3, 0.4) is 0 Å². The van der Waals surface area contributed by atoms with E-state index in [4.69, 9.17) is 0 Å². The summed E-state index contributed by atoms with van der Waals surface area (Å²) in [7, 11) is 0. The van der Waals surface area contributed by atoms with Crippen molar-refractivity contribution in [3.8, 4) is 0 Å². The zero-order chi connectivity index (χ0) is 13.1. The van der Waals surface area contributed by atoms with Crippen molar-refractivity contribution in [2.24, 2.45) is 0 Å². The molecule has 0 spiro atoms. The van der Waals surface area contributed by atoms with Gasteiger partial charge in [-0.2, -0.15) is 5.10 Å². The van der Waals surface area contributed by atoms with Crippen LogP contribution in [0, 0.1) is 5.82 Å². The molecule has 1 fully saturated rings. The molecule has 2 aromatic rings. The predicted molar refractivity (Wildman–Crippen MR) is 70.3 cm³/mol. The first-order valence-corrected chi connectivity index (χ1v) is 6.64. The molecule has 100 valence electrons. The SMILES string of the molecule is Fc1ccc(C2CC(NCCc3ncn[nH]3)C2)cc1. The number of hydrogen-bond acceptors (Lipinski definition) is 3. The number of H-pyrrole nitrogens is 1. The molecule has 1 aliphatic carbocycles. The van der Waals surface area contributed by atoms with Gasteiger partial charge >= 0.3 is 0 Å². The molecule has 1 aliphatic rings. The molecule has 5 heteroatoms.